The maximum Gasteiger partial charge on any atom is 0.337 e. The number of methoxy groups -OCH3 is 1. The van der Waals surface area contributed by atoms with Crippen LogP contribution in [-0.4, -0.2) is 69.1 Å². The number of halogens is 1. The van der Waals surface area contributed by atoms with Crippen LogP contribution >= 0.6 is 22.9 Å². The van der Waals surface area contributed by atoms with Crippen LogP contribution in [-0.2, 0) is 26.1 Å². The molecule has 46 heavy (non-hydrogen) atoms. The van der Waals surface area contributed by atoms with E-state index < -0.39 is 17.7 Å². The summed E-state index contributed by atoms with van der Waals surface area (Å²) in [5, 5.41) is 17.7. The van der Waals surface area contributed by atoms with Gasteiger partial charge in [0.2, 0.25) is 5.91 Å². The third-order valence-corrected chi connectivity index (χ3v) is 9.73. The monoisotopic (exact) mass is 660 g/mol. The summed E-state index contributed by atoms with van der Waals surface area (Å²) in [5.74, 6) is -0.946. The molecule has 1 N–H and O–H groups in total. The predicted molar refractivity (Wildman–Crippen MR) is 182 cm³/mol. The number of carboxylic acid groups (broad SMARTS) is 1. The van der Waals surface area contributed by atoms with Crippen LogP contribution in [0.3, 0.4) is 0 Å². The lowest BCUT2D eigenvalue weighted by Gasteiger charge is -2.28. The van der Waals surface area contributed by atoms with Gasteiger partial charge in [-0.2, -0.15) is 5.10 Å². The second kappa shape index (κ2) is 12.4. The number of carbonyl (C=O) groups is 2. The van der Waals surface area contributed by atoms with E-state index in [1.807, 2.05) is 80.7 Å². The average Bonchev–Trinajstić information content (AvgIpc) is 3.73. The second-order valence-electron chi connectivity index (χ2n) is 12.8. The standard InChI is InChI=1S/C35H37ClN4O5S/c1-19-15-25-32(29(20-7-10-23(36)11-8-20)28(19)31(34(42)43)45-35(2,3)4)46-33(37-25)21-9-12-26-24(16-21)30(38-39(26)5)22-13-14-40(17-22)27(41)18-44-6/h7-12,15-16,22,31H,13-14,17-18H2,1-6H3,(H,42,43)/t22-,31?/m1/s1. The molecule has 9 nitrogen and oxygen atoms in total. The fourth-order valence-corrected chi connectivity index (χ4v) is 7.56. The Balaban J connectivity index is 1.49. The number of ether oxygens (including phenoxy) is 2. The van der Waals surface area contributed by atoms with Crippen LogP contribution in [0.2, 0.25) is 5.02 Å². The third kappa shape index (κ3) is 6.14. The Bertz CT molecular complexity index is 1960. The molecule has 1 fully saturated rings. The number of likely N-dealkylation sites (tertiary alicyclic amines) is 1. The molecule has 1 amide bonds. The number of carboxylic acids is 1. The molecule has 0 saturated carbocycles. The van der Waals surface area contributed by atoms with Gasteiger partial charge in [0, 0.05) is 60.3 Å². The molecule has 240 valence electrons. The summed E-state index contributed by atoms with van der Waals surface area (Å²) in [6.45, 7) is 8.83. The molecular weight excluding hydrogens is 624 g/mol. The summed E-state index contributed by atoms with van der Waals surface area (Å²) in [7, 11) is 3.47. The highest BCUT2D eigenvalue weighted by atomic mass is 35.5. The largest absolute Gasteiger partial charge is 0.479 e. The van der Waals surface area contributed by atoms with E-state index in [1.165, 1.54) is 18.4 Å². The first-order chi connectivity index (χ1) is 21.8. The first-order valence-corrected chi connectivity index (χ1v) is 16.4. The lowest BCUT2D eigenvalue weighted by Crippen LogP contribution is -2.31. The van der Waals surface area contributed by atoms with Gasteiger partial charge >= 0.3 is 5.97 Å². The van der Waals surface area contributed by atoms with Gasteiger partial charge in [-0.1, -0.05) is 23.7 Å². The Labute approximate surface area is 276 Å². The molecule has 1 aliphatic rings. The molecule has 5 aromatic rings. The van der Waals surface area contributed by atoms with Crippen molar-refractivity contribution < 1.29 is 24.2 Å². The summed E-state index contributed by atoms with van der Waals surface area (Å²) in [6.07, 6.45) is -0.349. The maximum atomic E-state index is 12.7. The zero-order valence-electron chi connectivity index (χ0n) is 26.8. The number of amides is 1. The van der Waals surface area contributed by atoms with Crippen LogP contribution in [0.5, 0.6) is 0 Å². The Morgan fingerprint density at radius 3 is 2.52 bits per heavy atom. The lowest BCUT2D eigenvalue weighted by atomic mass is 9.91. The number of hydrogen-bond acceptors (Lipinski definition) is 7. The molecule has 0 radical (unpaired) electrons. The minimum atomic E-state index is -1.18. The van der Waals surface area contributed by atoms with Crippen molar-refractivity contribution in [3.05, 3.63) is 70.4 Å². The average molecular weight is 661 g/mol. The number of hydrogen-bond donors (Lipinski definition) is 1. The van der Waals surface area contributed by atoms with E-state index in [0.717, 1.165) is 60.5 Å². The number of aryl methyl sites for hydroxylation is 2. The van der Waals surface area contributed by atoms with E-state index in [1.54, 1.807) is 0 Å². The number of aliphatic carboxylic acids is 1. The number of benzene rings is 3. The minimum absolute atomic E-state index is 0.00964. The fraction of sp³-hybridized carbons (Fsp3) is 0.371. The van der Waals surface area contributed by atoms with Crippen molar-refractivity contribution in [1.82, 2.24) is 19.7 Å². The van der Waals surface area contributed by atoms with Crippen molar-refractivity contribution in [3.63, 3.8) is 0 Å². The van der Waals surface area contributed by atoms with Crippen LogP contribution in [0.1, 0.15) is 56.0 Å². The van der Waals surface area contributed by atoms with Crippen LogP contribution < -0.4 is 0 Å². The first-order valence-electron chi connectivity index (χ1n) is 15.2. The molecule has 11 heteroatoms. The Hall–Kier alpha value is -3.83. The van der Waals surface area contributed by atoms with E-state index in [-0.39, 0.29) is 18.4 Å². The number of carbonyl (C=O) groups excluding carboxylic acids is 1. The van der Waals surface area contributed by atoms with Gasteiger partial charge in [-0.25, -0.2) is 9.78 Å². The van der Waals surface area contributed by atoms with E-state index >= 15 is 0 Å². The molecule has 0 spiro atoms. The Morgan fingerprint density at radius 1 is 1.13 bits per heavy atom. The SMILES string of the molecule is COCC(=O)N1CC[C@@H](c2nn(C)c3ccc(-c4nc5cc(C)c(C(OC(C)(C)C)C(=O)O)c(-c6ccc(Cl)cc6)c5s4)cc23)C1. The molecule has 1 saturated heterocycles. The smallest absolute Gasteiger partial charge is 0.337 e. The minimum Gasteiger partial charge on any atom is -0.479 e. The van der Waals surface area contributed by atoms with Crippen LogP contribution in [0.25, 0.3) is 42.8 Å². The van der Waals surface area contributed by atoms with Crippen LogP contribution in [0.4, 0.5) is 0 Å². The molecule has 0 aliphatic carbocycles. The molecule has 6 rings (SSSR count). The van der Waals surface area contributed by atoms with Crippen molar-refractivity contribution in [3.8, 4) is 21.7 Å². The van der Waals surface area contributed by atoms with E-state index in [2.05, 4.69) is 12.1 Å². The molecule has 2 aromatic heterocycles. The molecule has 3 heterocycles. The molecule has 2 atom stereocenters. The van der Waals surface area contributed by atoms with Crippen LogP contribution in [0, 0.1) is 6.92 Å². The van der Waals surface area contributed by atoms with Crippen molar-refractivity contribution in [2.75, 3.05) is 26.8 Å². The molecule has 0 bridgehead atoms. The normalized spacial score (nSPS) is 16.1. The Morgan fingerprint density at radius 2 is 1.85 bits per heavy atom. The van der Waals surface area contributed by atoms with Gasteiger partial charge in [0.05, 0.1) is 27.0 Å². The highest BCUT2D eigenvalue weighted by Crippen LogP contribution is 2.45. The quantitative estimate of drug-likeness (QED) is 0.185. The summed E-state index contributed by atoms with van der Waals surface area (Å²) < 4.78 is 14.0. The fourth-order valence-electron chi connectivity index (χ4n) is 6.31. The van der Waals surface area contributed by atoms with Gasteiger partial charge in [-0.3, -0.25) is 9.48 Å². The van der Waals surface area contributed by atoms with E-state index in [9.17, 15) is 14.7 Å². The molecule has 3 aromatic carbocycles. The van der Waals surface area contributed by atoms with Gasteiger partial charge in [0.1, 0.15) is 11.6 Å². The Kier molecular flexibility index (Phi) is 8.67. The topological polar surface area (TPSA) is 107 Å². The maximum absolute atomic E-state index is 12.7. The number of thiazole rings is 1. The van der Waals surface area contributed by atoms with E-state index in [4.69, 9.17) is 31.2 Å². The summed E-state index contributed by atoms with van der Waals surface area (Å²) in [4.78, 5) is 32.1. The van der Waals surface area contributed by atoms with Crippen LogP contribution in [0.15, 0.2) is 48.5 Å². The van der Waals surface area contributed by atoms with Crippen molar-refractivity contribution in [2.24, 2.45) is 7.05 Å². The molecule has 1 unspecified atom stereocenters. The highest BCUT2D eigenvalue weighted by Gasteiger charge is 2.33. The number of rotatable bonds is 8. The first kappa shape index (κ1) is 32.1. The van der Waals surface area contributed by atoms with Gasteiger partial charge < -0.3 is 19.5 Å². The van der Waals surface area contributed by atoms with Gasteiger partial charge in [0.15, 0.2) is 6.10 Å². The number of aromatic nitrogens is 3. The van der Waals surface area contributed by atoms with E-state index in [0.29, 0.717) is 23.7 Å². The summed E-state index contributed by atoms with van der Waals surface area (Å²) >= 11 is 7.78. The van der Waals surface area contributed by atoms with Gasteiger partial charge in [-0.05, 0) is 81.6 Å². The second-order valence-corrected chi connectivity index (χ2v) is 14.2. The lowest BCUT2D eigenvalue weighted by molar-refractivity contribution is -0.160. The predicted octanol–water partition coefficient (Wildman–Crippen LogP) is 7.38. The molecular formula is C35H37ClN4O5S. The number of fused-ring (bicyclic) bond motifs is 2. The van der Waals surface area contributed by atoms with Crippen molar-refractivity contribution in [1.29, 1.82) is 0 Å². The molecule has 1 aliphatic heterocycles. The highest BCUT2D eigenvalue weighted by molar-refractivity contribution is 7.22. The summed E-state index contributed by atoms with van der Waals surface area (Å²) in [6, 6.07) is 15.6. The van der Waals surface area contributed by atoms with Crippen molar-refractivity contribution >= 4 is 55.9 Å². The third-order valence-electron chi connectivity index (χ3n) is 8.34. The van der Waals surface area contributed by atoms with Gasteiger partial charge in [0.25, 0.3) is 0 Å². The summed E-state index contributed by atoms with van der Waals surface area (Å²) in [5.41, 5.74) is 6.01. The number of nitrogens with zero attached hydrogens (tertiary/aromatic N) is 4. The zero-order valence-corrected chi connectivity index (χ0v) is 28.3. The van der Waals surface area contributed by atoms with Crippen molar-refractivity contribution in [2.45, 2.75) is 51.7 Å². The zero-order chi connectivity index (χ0) is 32.9. The van der Waals surface area contributed by atoms with Gasteiger partial charge in [-0.15, -0.1) is 11.3 Å².